The highest BCUT2D eigenvalue weighted by Gasteiger charge is 2.30. The lowest BCUT2D eigenvalue weighted by atomic mass is 10.0. The van der Waals surface area contributed by atoms with Crippen molar-refractivity contribution in [3.63, 3.8) is 0 Å². The Kier molecular flexibility index (Phi) is 5.29. The molecule has 0 saturated carbocycles. The summed E-state index contributed by atoms with van der Waals surface area (Å²) in [5.74, 6) is 0.501. The number of piperazine rings is 1. The van der Waals surface area contributed by atoms with Crippen LogP contribution in [0.25, 0.3) is 11.3 Å². The molecule has 0 spiro atoms. The molecular weight excluding hydrogens is 382 g/mol. The van der Waals surface area contributed by atoms with Crippen LogP contribution in [0.1, 0.15) is 21.7 Å². The van der Waals surface area contributed by atoms with Crippen LogP contribution < -0.4 is 4.90 Å². The summed E-state index contributed by atoms with van der Waals surface area (Å²) in [6.45, 7) is 6.12. The molecule has 1 aromatic carbocycles. The van der Waals surface area contributed by atoms with Crippen molar-refractivity contribution in [2.45, 2.75) is 13.5 Å². The highest BCUT2D eigenvalue weighted by atomic mass is 35.5. The molecule has 0 radical (unpaired) electrons. The molecule has 3 aromatic rings. The Morgan fingerprint density at radius 1 is 1.30 bits per heavy atom. The van der Waals surface area contributed by atoms with Gasteiger partial charge < -0.3 is 14.3 Å². The molecule has 1 saturated heterocycles. The van der Waals surface area contributed by atoms with Crippen molar-refractivity contribution < 1.29 is 14.2 Å². The van der Waals surface area contributed by atoms with Crippen molar-refractivity contribution in [3.05, 3.63) is 63.0 Å². The number of nitrogens with one attached hydrogen (secondary N) is 1. The smallest absolute Gasteiger partial charge is 0.260 e. The van der Waals surface area contributed by atoms with E-state index in [1.54, 1.807) is 24.3 Å². The predicted molar refractivity (Wildman–Crippen MR) is 106 cm³/mol. The minimum Gasteiger partial charge on any atom is -0.360 e. The fourth-order valence-corrected chi connectivity index (χ4v) is 4.40. The average molecular weight is 403 g/mol. The van der Waals surface area contributed by atoms with Crippen LogP contribution in [-0.4, -0.2) is 42.1 Å². The molecule has 140 valence electrons. The van der Waals surface area contributed by atoms with Crippen LogP contribution in [0.3, 0.4) is 0 Å². The van der Waals surface area contributed by atoms with E-state index in [0.717, 1.165) is 38.3 Å². The van der Waals surface area contributed by atoms with E-state index < -0.39 is 0 Å². The third kappa shape index (κ3) is 3.78. The van der Waals surface area contributed by atoms with E-state index in [9.17, 15) is 4.79 Å². The van der Waals surface area contributed by atoms with Crippen molar-refractivity contribution in [2.75, 3.05) is 26.2 Å². The first-order chi connectivity index (χ1) is 13.1. The summed E-state index contributed by atoms with van der Waals surface area (Å²) < 4.78 is 5.35. The summed E-state index contributed by atoms with van der Waals surface area (Å²) in [7, 11) is 0. The molecule has 0 bridgehead atoms. The number of nitrogens with zero attached hydrogens (tertiary/aromatic N) is 2. The van der Waals surface area contributed by atoms with Gasteiger partial charge in [-0.1, -0.05) is 35.0 Å². The van der Waals surface area contributed by atoms with Gasteiger partial charge >= 0.3 is 0 Å². The number of benzene rings is 1. The third-order valence-corrected chi connectivity index (χ3v) is 6.06. The molecule has 27 heavy (non-hydrogen) atoms. The summed E-state index contributed by atoms with van der Waals surface area (Å²) >= 11 is 8.04. The van der Waals surface area contributed by atoms with Crippen molar-refractivity contribution in [3.8, 4) is 11.3 Å². The lowest BCUT2D eigenvalue weighted by Crippen LogP contribution is -3.13. The maximum atomic E-state index is 13.2. The number of amides is 1. The first-order valence-corrected chi connectivity index (χ1v) is 10.3. The van der Waals surface area contributed by atoms with Crippen molar-refractivity contribution in [1.29, 1.82) is 0 Å². The summed E-state index contributed by atoms with van der Waals surface area (Å²) in [5.41, 5.74) is 3.13. The molecule has 2 aromatic heterocycles. The Bertz CT molecular complexity index is 931. The molecule has 1 amide bonds. The molecular formula is C20H21ClN3O2S+. The largest absolute Gasteiger partial charge is 0.360 e. The van der Waals surface area contributed by atoms with Gasteiger partial charge in [0.2, 0.25) is 0 Å². The number of halogens is 1. The van der Waals surface area contributed by atoms with Gasteiger partial charge in [0.05, 0.1) is 31.2 Å². The van der Waals surface area contributed by atoms with Crippen molar-refractivity contribution in [1.82, 2.24) is 10.1 Å². The van der Waals surface area contributed by atoms with Crippen LogP contribution in [0, 0.1) is 6.92 Å². The zero-order valence-electron chi connectivity index (χ0n) is 15.1. The summed E-state index contributed by atoms with van der Waals surface area (Å²) in [5, 5.41) is 8.98. The number of carbonyl (C=O) groups is 1. The zero-order valence-corrected chi connectivity index (χ0v) is 16.6. The minimum absolute atomic E-state index is 0.0294. The van der Waals surface area contributed by atoms with E-state index in [-0.39, 0.29) is 5.91 Å². The standard InChI is InChI=1S/C20H20ClN3O2S/c1-14-18(19(22-26-14)16-4-2-3-5-17(16)21)20(25)24-9-7-23(8-10-24)12-15-6-11-27-13-15/h2-6,11,13H,7-10,12H2,1H3/p+1. The second kappa shape index (κ2) is 7.84. The highest BCUT2D eigenvalue weighted by molar-refractivity contribution is 7.07. The van der Waals surface area contributed by atoms with Gasteiger partial charge in [-0.05, 0) is 29.8 Å². The van der Waals surface area contributed by atoms with Gasteiger partial charge in [-0.15, -0.1) is 0 Å². The molecule has 3 heterocycles. The average Bonchev–Trinajstić information content (AvgIpc) is 3.32. The SMILES string of the molecule is Cc1onc(-c2ccccc2Cl)c1C(=O)N1CC[NH+](Cc2ccsc2)CC1. The normalized spacial score (nSPS) is 15.3. The maximum absolute atomic E-state index is 13.2. The van der Waals surface area contributed by atoms with Crippen LogP contribution >= 0.6 is 22.9 Å². The van der Waals surface area contributed by atoms with Crippen molar-refractivity contribution in [2.24, 2.45) is 0 Å². The fourth-order valence-electron chi connectivity index (χ4n) is 3.50. The number of aryl methyl sites for hydroxylation is 1. The first kappa shape index (κ1) is 18.2. The van der Waals surface area contributed by atoms with Crippen LogP contribution in [0.15, 0.2) is 45.6 Å². The molecule has 1 aliphatic rings. The Labute approximate surface area is 167 Å². The van der Waals surface area contributed by atoms with Gasteiger partial charge in [0, 0.05) is 11.1 Å². The lowest BCUT2D eigenvalue weighted by molar-refractivity contribution is -0.917. The number of rotatable bonds is 4. The third-order valence-electron chi connectivity index (χ3n) is 5.00. The van der Waals surface area contributed by atoms with Gasteiger partial charge in [0.1, 0.15) is 23.6 Å². The minimum atomic E-state index is -0.0294. The topological polar surface area (TPSA) is 50.8 Å². The maximum Gasteiger partial charge on any atom is 0.260 e. The molecule has 1 fully saturated rings. The first-order valence-electron chi connectivity index (χ1n) is 8.98. The monoisotopic (exact) mass is 402 g/mol. The summed E-state index contributed by atoms with van der Waals surface area (Å²) in [4.78, 5) is 16.6. The lowest BCUT2D eigenvalue weighted by Gasteiger charge is -2.32. The molecule has 0 aliphatic carbocycles. The van der Waals surface area contributed by atoms with Gasteiger partial charge in [-0.3, -0.25) is 4.79 Å². The van der Waals surface area contributed by atoms with E-state index in [1.807, 2.05) is 23.1 Å². The summed E-state index contributed by atoms with van der Waals surface area (Å²) in [6, 6.07) is 9.56. The molecule has 0 atom stereocenters. The quantitative estimate of drug-likeness (QED) is 0.730. The number of carbonyl (C=O) groups excluding carboxylic acids is 1. The van der Waals surface area contributed by atoms with Gasteiger partial charge in [0.15, 0.2) is 0 Å². The van der Waals surface area contributed by atoms with Gasteiger partial charge in [0.25, 0.3) is 5.91 Å². The number of hydrogen-bond donors (Lipinski definition) is 1. The van der Waals surface area contributed by atoms with E-state index in [4.69, 9.17) is 16.1 Å². The van der Waals surface area contributed by atoms with E-state index in [2.05, 4.69) is 22.0 Å². The molecule has 0 unspecified atom stereocenters. The number of thiophene rings is 1. The fraction of sp³-hybridized carbons (Fsp3) is 0.300. The number of quaternary nitrogens is 1. The Morgan fingerprint density at radius 2 is 2.07 bits per heavy atom. The Hall–Kier alpha value is -2.15. The highest BCUT2D eigenvalue weighted by Crippen LogP contribution is 2.31. The Morgan fingerprint density at radius 3 is 2.78 bits per heavy atom. The Balaban J connectivity index is 1.50. The molecule has 7 heteroatoms. The molecule has 5 nitrogen and oxygen atoms in total. The van der Waals surface area contributed by atoms with E-state index in [0.29, 0.717) is 22.0 Å². The van der Waals surface area contributed by atoms with E-state index >= 15 is 0 Å². The zero-order chi connectivity index (χ0) is 18.8. The molecule has 1 N–H and O–H groups in total. The number of aromatic nitrogens is 1. The molecule has 1 aliphatic heterocycles. The van der Waals surface area contributed by atoms with Crippen LogP contribution in [0.5, 0.6) is 0 Å². The van der Waals surface area contributed by atoms with Crippen LogP contribution in [0.4, 0.5) is 0 Å². The number of hydrogen-bond acceptors (Lipinski definition) is 4. The van der Waals surface area contributed by atoms with E-state index in [1.165, 1.54) is 10.5 Å². The second-order valence-corrected chi connectivity index (χ2v) is 7.98. The predicted octanol–water partition coefficient (Wildman–Crippen LogP) is 2.91. The second-order valence-electron chi connectivity index (χ2n) is 6.79. The van der Waals surface area contributed by atoms with Crippen molar-refractivity contribution >= 4 is 28.8 Å². The molecule has 4 rings (SSSR count). The van der Waals surface area contributed by atoms with Crippen LogP contribution in [0.2, 0.25) is 5.02 Å². The van der Waals surface area contributed by atoms with Gasteiger partial charge in [-0.25, -0.2) is 0 Å². The summed E-state index contributed by atoms with van der Waals surface area (Å²) in [6.07, 6.45) is 0. The van der Waals surface area contributed by atoms with Crippen LogP contribution in [-0.2, 0) is 6.54 Å². The van der Waals surface area contributed by atoms with Gasteiger partial charge in [-0.2, -0.15) is 11.3 Å².